The molecule has 262 valence electrons. The van der Waals surface area contributed by atoms with Crippen molar-refractivity contribution in [2.75, 3.05) is 19.8 Å². The lowest BCUT2D eigenvalue weighted by Crippen LogP contribution is -2.61. The second-order valence-electron chi connectivity index (χ2n) is 13.9. The molecule has 1 heterocycles. The van der Waals surface area contributed by atoms with Crippen molar-refractivity contribution in [1.29, 1.82) is 0 Å². The number of thioether (sulfide) groups is 1. The highest BCUT2D eigenvalue weighted by atomic mass is 79.9. The Morgan fingerprint density at radius 2 is 1.46 bits per heavy atom. The monoisotopic (exact) mass is 787 g/mol. The summed E-state index contributed by atoms with van der Waals surface area (Å²) in [5, 5.41) is 3.48. The van der Waals surface area contributed by atoms with Gasteiger partial charge in [-0.1, -0.05) is 146 Å². The van der Waals surface area contributed by atoms with Crippen molar-refractivity contribution in [3.05, 3.63) is 133 Å². The summed E-state index contributed by atoms with van der Waals surface area (Å²) in [6.07, 6.45) is 2.36. The number of β-lactam (4-membered cyclic amide) rings is 1. The molecular formula is C41H47BrNO4PSSi. The molecule has 1 aliphatic rings. The molecule has 0 N–H and O–H groups in total. The van der Waals surface area contributed by atoms with E-state index in [1.165, 1.54) is 11.1 Å². The van der Waals surface area contributed by atoms with Gasteiger partial charge in [-0.3, -0.25) is 4.79 Å². The lowest BCUT2D eigenvalue weighted by atomic mass is 10.1. The molecule has 0 saturated carbocycles. The number of benzene rings is 4. The van der Waals surface area contributed by atoms with Gasteiger partial charge in [-0.25, -0.2) is 4.79 Å². The summed E-state index contributed by atoms with van der Waals surface area (Å²) in [5.74, 6) is -0.600. The predicted molar refractivity (Wildman–Crippen MR) is 219 cm³/mol. The maximum atomic E-state index is 14.4. The molecule has 1 amide bonds. The molecule has 1 aliphatic heterocycles. The van der Waals surface area contributed by atoms with Crippen molar-refractivity contribution >= 4 is 76.1 Å². The van der Waals surface area contributed by atoms with E-state index in [0.717, 1.165) is 32.6 Å². The van der Waals surface area contributed by atoms with E-state index in [9.17, 15) is 9.59 Å². The van der Waals surface area contributed by atoms with E-state index in [4.69, 9.17) is 9.16 Å². The summed E-state index contributed by atoms with van der Waals surface area (Å²) >= 11 is 5.22. The van der Waals surface area contributed by atoms with Gasteiger partial charge in [0.2, 0.25) is 5.91 Å². The zero-order chi connectivity index (χ0) is 35.9. The highest BCUT2D eigenvalue weighted by molar-refractivity contribution is 9.08. The van der Waals surface area contributed by atoms with Crippen LogP contribution in [0.1, 0.15) is 31.9 Å². The van der Waals surface area contributed by atoms with Gasteiger partial charge >= 0.3 is 5.97 Å². The quantitative estimate of drug-likeness (QED) is 0.0322. The summed E-state index contributed by atoms with van der Waals surface area (Å²) in [4.78, 5) is 31.4. The molecule has 4 aromatic rings. The van der Waals surface area contributed by atoms with Crippen molar-refractivity contribution in [2.45, 2.75) is 60.8 Å². The van der Waals surface area contributed by atoms with E-state index in [1.54, 1.807) is 22.7 Å². The van der Waals surface area contributed by atoms with Crippen LogP contribution in [0.5, 0.6) is 0 Å². The average molecular weight is 789 g/mol. The van der Waals surface area contributed by atoms with Crippen molar-refractivity contribution in [3.63, 3.8) is 0 Å². The standard InChI is InChI=1S/C41H47BrNO4PSSi/c1-7-26-46-40(45)39(48(33-17-11-8-12-18-33,34-19-13-9-14-20-34)35-21-15-10-16-22-35)43-30-37(38(43)44)49-36-24-23-32(29-42)31(28-36)25-27-47-50(5,6)41(2,3)4/h7-24,28,37H,1,25-27,29-30H2,2-6H3/t37-/m0/s1. The summed E-state index contributed by atoms with van der Waals surface area (Å²) in [5.41, 5.74) is 2.83. The van der Waals surface area contributed by atoms with E-state index in [-0.39, 0.29) is 22.8 Å². The average Bonchev–Trinajstić information content (AvgIpc) is 3.12. The Morgan fingerprint density at radius 3 is 1.92 bits per heavy atom. The van der Waals surface area contributed by atoms with Crippen LogP contribution in [-0.4, -0.2) is 55.5 Å². The van der Waals surface area contributed by atoms with Gasteiger partial charge in [-0.15, -0.1) is 11.8 Å². The fraction of sp³-hybridized carbons (Fsp3) is 0.293. The molecule has 0 bridgehead atoms. The lowest BCUT2D eigenvalue weighted by Gasteiger charge is -2.43. The Morgan fingerprint density at radius 1 is 0.920 bits per heavy atom. The molecule has 1 atom stereocenters. The Balaban J connectivity index is 1.54. The third-order valence-electron chi connectivity index (χ3n) is 9.65. The number of amides is 1. The lowest BCUT2D eigenvalue weighted by molar-refractivity contribution is -0.140. The molecule has 50 heavy (non-hydrogen) atoms. The fourth-order valence-electron chi connectivity index (χ4n) is 5.91. The maximum Gasteiger partial charge on any atom is 0.356 e. The van der Waals surface area contributed by atoms with E-state index in [1.807, 2.05) is 54.6 Å². The predicted octanol–water partition coefficient (Wildman–Crippen LogP) is 8.30. The molecule has 0 aromatic heterocycles. The van der Waals surface area contributed by atoms with E-state index < -0.39 is 21.2 Å². The molecule has 1 saturated heterocycles. The minimum Gasteiger partial charge on any atom is -0.457 e. The summed E-state index contributed by atoms with van der Waals surface area (Å²) < 4.78 is 12.3. The van der Waals surface area contributed by atoms with Crippen LogP contribution in [0.4, 0.5) is 0 Å². The van der Waals surface area contributed by atoms with E-state index in [0.29, 0.717) is 18.6 Å². The SMILES string of the molecule is C=CCOC(=O)C(N1C[C@H](Sc2ccc(CBr)c(CCO[Si](C)(C)C(C)(C)C)c2)C1=O)=P(c1ccccc1)(c1ccccc1)c1ccccc1. The Bertz CT molecular complexity index is 1760. The second-order valence-corrected chi connectivity index (χ2v) is 23.8. The second kappa shape index (κ2) is 16.5. The molecule has 0 radical (unpaired) electrons. The van der Waals surface area contributed by atoms with Gasteiger partial charge in [-0.05, 0) is 63.7 Å². The van der Waals surface area contributed by atoms with Gasteiger partial charge in [0.15, 0.2) is 8.32 Å². The first-order valence-electron chi connectivity index (χ1n) is 16.9. The molecule has 0 aliphatic carbocycles. The zero-order valence-electron chi connectivity index (χ0n) is 29.6. The van der Waals surface area contributed by atoms with Crippen LogP contribution < -0.4 is 15.9 Å². The number of ether oxygens (including phenoxy) is 1. The van der Waals surface area contributed by atoms with Crippen molar-refractivity contribution in [3.8, 4) is 0 Å². The summed E-state index contributed by atoms with van der Waals surface area (Å²) in [6.45, 7) is 13.3. The van der Waals surface area contributed by atoms with Crippen molar-refractivity contribution in [1.82, 2.24) is 4.90 Å². The van der Waals surface area contributed by atoms with E-state index in [2.05, 4.69) is 111 Å². The smallest absolute Gasteiger partial charge is 0.356 e. The molecule has 4 aromatic carbocycles. The number of hydrogen-bond acceptors (Lipinski definition) is 5. The summed E-state index contributed by atoms with van der Waals surface area (Å²) in [6, 6.07) is 36.7. The largest absolute Gasteiger partial charge is 0.457 e. The maximum absolute atomic E-state index is 14.4. The number of nitrogens with zero attached hydrogens (tertiary/aromatic N) is 1. The normalized spacial score (nSPS) is 15.0. The van der Waals surface area contributed by atoms with Crippen molar-refractivity contribution in [2.24, 2.45) is 0 Å². The third kappa shape index (κ3) is 8.00. The molecular weight excluding hydrogens is 741 g/mol. The van der Waals surface area contributed by atoms with Gasteiger partial charge < -0.3 is 14.1 Å². The van der Waals surface area contributed by atoms with Gasteiger partial charge in [-0.2, -0.15) is 0 Å². The molecule has 0 spiro atoms. The first-order valence-corrected chi connectivity index (χ1v) is 23.6. The minimum absolute atomic E-state index is 0.0444. The van der Waals surface area contributed by atoms with Crippen LogP contribution in [0.2, 0.25) is 18.1 Å². The number of halogens is 1. The minimum atomic E-state index is -2.90. The number of carbonyl (C=O) groups excluding carboxylic acids is 2. The molecule has 1 fully saturated rings. The Hall–Kier alpha value is -3.13. The van der Waals surface area contributed by atoms with Crippen LogP contribution in [0.25, 0.3) is 0 Å². The van der Waals surface area contributed by atoms with Gasteiger partial charge in [0.05, 0.1) is 0 Å². The number of hydrogen-bond donors (Lipinski definition) is 0. The van der Waals surface area contributed by atoms with Crippen LogP contribution in [-0.2, 0) is 30.5 Å². The number of esters is 1. The van der Waals surface area contributed by atoms with Crippen LogP contribution in [0.3, 0.4) is 0 Å². The van der Waals surface area contributed by atoms with Crippen LogP contribution in [0, 0.1) is 0 Å². The molecule has 5 rings (SSSR count). The third-order valence-corrected chi connectivity index (χ3v) is 20.2. The van der Waals surface area contributed by atoms with E-state index >= 15 is 0 Å². The topological polar surface area (TPSA) is 55.8 Å². The van der Waals surface area contributed by atoms with Gasteiger partial charge in [0, 0.05) is 30.3 Å². The first kappa shape index (κ1) is 38.1. The zero-order valence-corrected chi connectivity index (χ0v) is 33.9. The van der Waals surface area contributed by atoms with Crippen LogP contribution >= 0.6 is 34.6 Å². The van der Waals surface area contributed by atoms with Gasteiger partial charge in [0.25, 0.3) is 0 Å². The number of rotatable bonds is 14. The molecule has 0 unspecified atom stereocenters. The number of alkyl halides is 1. The van der Waals surface area contributed by atoms with Crippen LogP contribution in [0.15, 0.2) is 127 Å². The highest BCUT2D eigenvalue weighted by Crippen LogP contribution is 2.49. The Kier molecular flexibility index (Phi) is 12.6. The molecule has 9 heteroatoms. The fourth-order valence-corrected chi connectivity index (χ4v) is 13.0. The first-order chi connectivity index (χ1) is 23.9. The van der Waals surface area contributed by atoms with Crippen molar-refractivity contribution < 1.29 is 18.8 Å². The Labute approximate surface area is 311 Å². The summed E-state index contributed by atoms with van der Waals surface area (Å²) in [7, 11) is -1.87. The van der Waals surface area contributed by atoms with Gasteiger partial charge in [0.1, 0.15) is 17.3 Å². The molecule has 5 nitrogen and oxygen atoms in total. The highest BCUT2D eigenvalue weighted by Gasteiger charge is 2.47. The number of likely N-dealkylation sites (tertiary alicyclic amines) is 1. The number of carbonyl (C=O) groups is 2.